The number of methoxy groups -OCH3 is 1. The van der Waals surface area contributed by atoms with Crippen LogP contribution in [0.2, 0.25) is 0 Å². The molecule has 2 rings (SSSR count). The summed E-state index contributed by atoms with van der Waals surface area (Å²) in [6.45, 7) is 4.25. The molecule has 0 aliphatic carbocycles. The SMILES string of the molecule is COc1cnc2cc(C(C)C)[nH]c2n1. The number of rotatable bonds is 2. The minimum Gasteiger partial charge on any atom is -0.480 e. The summed E-state index contributed by atoms with van der Waals surface area (Å²) in [5, 5.41) is 0. The third-order valence-electron chi connectivity index (χ3n) is 2.16. The molecule has 4 heteroatoms. The summed E-state index contributed by atoms with van der Waals surface area (Å²) in [7, 11) is 1.59. The van der Waals surface area contributed by atoms with Crippen molar-refractivity contribution in [1.82, 2.24) is 15.0 Å². The summed E-state index contributed by atoms with van der Waals surface area (Å²) in [4.78, 5) is 11.7. The Hall–Kier alpha value is -1.58. The van der Waals surface area contributed by atoms with Gasteiger partial charge in [-0.25, -0.2) is 4.98 Å². The Morgan fingerprint density at radius 1 is 1.43 bits per heavy atom. The summed E-state index contributed by atoms with van der Waals surface area (Å²) >= 11 is 0. The molecule has 1 N–H and O–H groups in total. The van der Waals surface area contributed by atoms with E-state index in [-0.39, 0.29) is 0 Å². The molecule has 74 valence electrons. The fourth-order valence-corrected chi connectivity index (χ4v) is 1.31. The van der Waals surface area contributed by atoms with Crippen molar-refractivity contribution < 1.29 is 4.74 Å². The van der Waals surface area contributed by atoms with Gasteiger partial charge < -0.3 is 9.72 Å². The second-order valence-corrected chi connectivity index (χ2v) is 3.53. The van der Waals surface area contributed by atoms with Crippen LogP contribution in [0, 0.1) is 0 Å². The van der Waals surface area contributed by atoms with Crippen LogP contribution in [0.1, 0.15) is 25.5 Å². The molecule has 4 nitrogen and oxygen atoms in total. The van der Waals surface area contributed by atoms with E-state index >= 15 is 0 Å². The highest BCUT2D eigenvalue weighted by Gasteiger charge is 2.06. The normalized spacial score (nSPS) is 11.1. The first-order chi connectivity index (χ1) is 6.70. The van der Waals surface area contributed by atoms with Crippen LogP contribution in [0.3, 0.4) is 0 Å². The number of ether oxygens (including phenoxy) is 1. The van der Waals surface area contributed by atoms with E-state index in [9.17, 15) is 0 Å². The molecule has 0 saturated heterocycles. The Balaban J connectivity index is 2.54. The average Bonchev–Trinajstić information content (AvgIpc) is 2.59. The quantitative estimate of drug-likeness (QED) is 0.790. The standard InChI is InChI=1S/C10H13N3O/c1-6(2)7-4-8-10(12-7)13-9(14-3)5-11-8/h4-6H,1-3H3,(H,12,13). The molecule has 0 aliphatic rings. The van der Waals surface area contributed by atoms with Crippen LogP contribution in [0.25, 0.3) is 11.2 Å². The number of H-pyrrole nitrogens is 1. The van der Waals surface area contributed by atoms with E-state index < -0.39 is 0 Å². The van der Waals surface area contributed by atoms with Gasteiger partial charge in [0.1, 0.15) is 5.52 Å². The molecule has 0 bridgehead atoms. The molecular weight excluding hydrogens is 178 g/mol. The first-order valence-electron chi connectivity index (χ1n) is 4.60. The molecule has 0 amide bonds. The fraction of sp³-hybridized carbons (Fsp3) is 0.400. The summed E-state index contributed by atoms with van der Waals surface area (Å²) in [5.74, 6) is 0.992. The smallest absolute Gasteiger partial charge is 0.234 e. The number of hydrogen-bond acceptors (Lipinski definition) is 3. The predicted octanol–water partition coefficient (Wildman–Crippen LogP) is 2.09. The first-order valence-corrected chi connectivity index (χ1v) is 4.60. The van der Waals surface area contributed by atoms with Crippen molar-refractivity contribution in [3.8, 4) is 5.88 Å². The number of aromatic nitrogens is 3. The van der Waals surface area contributed by atoms with E-state index in [1.165, 1.54) is 0 Å². The monoisotopic (exact) mass is 191 g/mol. The number of nitrogens with zero attached hydrogens (tertiary/aromatic N) is 2. The van der Waals surface area contributed by atoms with Crippen molar-refractivity contribution in [2.24, 2.45) is 0 Å². The molecular formula is C10H13N3O. The molecule has 0 spiro atoms. The topological polar surface area (TPSA) is 50.8 Å². The second kappa shape index (κ2) is 3.29. The maximum atomic E-state index is 5.00. The van der Waals surface area contributed by atoms with Gasteiger partial charge in [-0.1, -0.05) is 13.8 Å². The van der Waals surface area contributed by atoms with Gasteiger partial charge in [-0.2, -0.15) is 4.98 Å². The van der Waals surface area contributed by atoms with Gasteiger partial charge in [0.05, 0.1) is 13.3 Å². The van der Waals surface area contributed by atoms with Crippen LogP contribution >= 0.6 is 0 Å². The van der Waals surface area contributed by atoms with Gasteiger partial charge in [0, 0.05) is 5.69 Å². The van der Waals surface area contributed by atoms with Gasteiger partial charge in [0.15, 0.2) is 5.65 Å². The Morgan fingerprint density at radius 2 is 2.21 bits per heavy atom. The van der Waals surface area contributed by atoms with E-state index in [0.29, 0.717) is 11.8 Å². The zero-order chi connectivity index (χ0) is 10.1. The van der Waals surface area contributed by atoms with Crippen molar-refractivity contribution in [3.05, 3.63) is 18.0 Å². The number of hydrogen-bond donors (Lipinski definition) is 1. The lowest BCUT2D eigenvalue weighted by Crippen LogP contribution is -1.89. The lowest BCUT2D eigenvalue weighted by Gasteiger charge is -1.97. The third kappa shape index (κ3) is 1.43. The van der Waals surface area contributed by atoms with Crippen LogP contribution in [-0.2, 0) is 0 Å². The predicted molar refractivity (Wildman–Crippen MR) is 54.5 cm³/mol. The minimum atomic E-state index is 0.456. The Labute approximate surface area is 82.3 Å². The second-order valence-electron chi connectivity index (χ2n) is 3.53. The van der Waals surface area contributed by atoms with Crippen molar-refractivity contribution >= 4 is 11.2 Å². The summed E-state index contributed by atoms with van der Waals surface area (Å²) in [6, 6.07) is 2.02. The zero-order valence-corrected chi connectivity index (χ0v) is 8.53. The van der Waals surface area contributed by atoms with E-state index in [2.05, 4.69) is 28.8 Å². The lowest BCUT2D eigenvalue weighted by atomic mass is 10.1. The first kappa shape index (κ1) is 8.99. The van der Waals surface area contributed by atoms with Crippen LogP contribution in [0.5, 0.6) is 5.88 Å². The molecule has 0 fully saturated rings. The van der Waals surface area contributed by atoms with E-state index in [4.69, 9.17) is 4.74 Å². The highest BCUT2D eigenvalue weighted by molar-refractivity contribution is 5.72. The molecule has 2 heterocycles. The highest BCUT2D eigenvalue weighted by Crippen LogP contribution is 2.19. The van der Waals surface area contributed by atoms with Gasteiger partial charge in [-0.05, 0) is 12.0 Å². The molecule has 2 aromatic rings. The fourth-order valence-electron chi connectivity index (χ4n) is 1.31. The molecule has 0 unspecified atom stereocenters. The maximum absolute atomic E-state index is 5.00. The van der Waals surface area contributed by atoms with Gasteiger partial charge in [0.25, 0.3) is 0 Å². The van der Waals surface area contributed by atoms with E-state index in [0.717, 1.165) is 16.9 Å². The van der Waals surface area contributed by atoms with Gasteiger partial charge in [0.2, 0.25) is 5.88 Å². The van der Waals surface area contributed by atoms with Gasteiger partial charge in [-0.3, -0.25) is 0 Å². The highest BCUT2D eigenvalue weighted by atomic mass is 16.5. The van der Waals surface area contributed by atoms with Crippen LogP contribution < -0.4 is 4.74 Å². The number of fused-ring (bicyclic) bond motifs is 1. The zero-order valence-electron chi connectivity index (χ0n) is 8.53. The number of aromatic amines is 1. The lowest BCUT2D eigenvalue weighted by molar-refractivity contribution is 0.397. The van der Waals surface area contributed by atoms with Crippen LogP contribution in [-0.4, -0.2) is 22.1 Å². The van der Waals surface area contributed by atoms with Crippen molar-refractivity contribution in [3.63, 3.8) is 0 Å². The Kier molecular flexibility index (Phi) is 2.11. The Bertz CT molecular complexity index is 448. The Morgan fingerprint density at radius 3 is 2.86 bits per heavy atom. The largest absolute Gasteiger partial charge is 0.480 e. The van der Waals surface area contributed by atoms with Gasteiger partial charge >= 0.3 is 0 Å². The van der Waals surface area contributed by atoms with E-state index in [1.807, 2.05) is 6.07 Å². The molecule has 2 aromatic heterocycles. The van der Waals surface area contributed by atoms with Crippen molar-refractivity contribution in [2.45, 2.75) is 19.8 Å². The average molecular weight is 191 g/mol. The summed E-state index contributed by atoms with van der Waals surface area (Å²) in [5.41, 5.74) is 2.82. The van der Waals surface area contributed by atoms with Gasteiger partial charge in [-0.15, -0.1) is 0 Å². The summed E-state index contributed by atoms with van der Waals surface area (Å²) in [6.07, 6.45) is 1.63. The molecule has 0 saturated carbocycles. The maximum Gasteiger partial charge on any atom is 0.234 e. The summed E-state index contributed by atoms with van der Waals surface area (Å²) < 4.78 is 5.00. The molecule has 0 aromatic carbocycles. The molecule has 0 radical (unpaired) electrons. The third-order valence-corrected chi connectivity index (χ3v) is 2.16. The number of nitrogens with one attached hydrogen (secondary N) is 1. The van der Waals surface area contributed by atoms with Crippen LogP contribution in [0.4, 0.5) is 0 Å². The van der Waals surface area contributed by atoms with E-state index in [1.54, 1.807) is 13.3 Å². The van der Waals surface area contributed by atoms with Crippen molar-refractivity contribution in [1.29, 1.82) is 0 Å². The van der Waals surface area contributed by atoms with Crippen molar-refractivity contribution in [2.75, 3.05) is 7.11 Å². The molecule has 14 heavy (non-hydrogen) atoms. The molecule has 0 atom stereocenters. The molecule has 0 aliphatic heterocycles. The minimum absolute atomic E-state index is 0.456. The van der Waals surface area contributed by atoms with Crippen LogP contribution in [0.15, 0.2) is 12.3 Å².